The van der Waals surface area contributed by atoms with Crippen LogP contribution < -0.4 is 15.4 Å². The van der Waals surface area contributed by atoms with Crippen LogP contribution in [-0.2, 0) is 17.9 Å². The number of amides is 1. The molecule has 1 aliphatic rings. The molecule has 1 saturated heterocycles. The number of halogens is 1. The molecule has 1 aliphatic heterocycles. The smallest absolute Gasteiger partial charge is 0.222 e. The number of nitrogens with zero attached hydrogens (tertiary/aromatic N) is 2. The minimum Gasteiger partial charge on any atom is -0.493 e. The molecule has 6 nitrogen and oxygen atoms in total. The summed E-state index contributed by atoms with van der Waals surface area (Å²) in [6, 6.07) is 16.7. The third-order valence-electron chi connectivity index (χ3n) is 5.54. The minimum atomic E-state index is 0. The molecule has 0 radical (unpaired) electrons. The normalized spacial score (nSPS) is 14.8. The maximum atomic E-state index is 11.9. The van der Waals surface area contributed by atoms with Crippen LogP contribution in [-0.4, -0.2) is 37.0 Å². The maximum Gasteiger partial charge on any atom is 0.222 e. The molecule has 180 valence electrons. The summed E-state index contributed by atoms with van der Waals surface area (Å²) >= 11 is 0. The Bertz CT molecular complexity index is 915. The first-order valence-corrected chi connectivity index (χ1v) is 11.5. The summed E-state index contributed by atoms with van der Waals surface area (Å²) in [6.07, 6.45) is 1.64. The van der Waals surface area contributed by atoms with Gasteiger partial charge in [-0.15, -0.1) is 24.0 Å². The molecule has 0 spiro atoms. The summed E-state index contributed by atoms with van der Waals surface area (Å²) in [7, 11) is 1.78. The number of rotatable bonds is 9. The second kappa shape index (κ2) is 13.4. The fourth-order valence-corrected chi connectivity index (χ4v) is 3.71. The van der Waals surface area contributed by atoms with Gasteiger partial charge in [-0.25, -0.2) is 0 Å². The summed E-state index contributed by atoms with van der Waals surface area (Å²) in [5, 5.41) is 6.84. The van der Waals surface area contributed by atoms with E-state index in [-0.39, 0.29) is 35.9 Å². The van der Waals surface area contributed by atoms with E-state index in [1.54, 1.807) is 7.05 Å². The topological polar surface area (TPSA) is 66.0 Å². The van der Waals surface area contributed by atoms with Crippen molar-refractivity contribution in [2.45, 2.75) is 52.7 Å². The predicted molar refractivity (Wildman–Crippen MR) is 145 cm³/mol. The molecule has 2 aromatic rings. The zero-order chi connectivity index (χ0) is 22.9. The van der Waals surface area contributed by atoms with Crippen molar-refractivity contribution in [1.29, 1.82) is 0 Å². The maximum absolute atomic E-state index is 11.9. The van der Waals surface area contributed by atoms with Gasteiger partial charge in [0.1, 0.15) is 5.75 Å². The van der Waals surface area contributed by atoms with Gasteiger partial charge < -0.3 is 20.3 Å². The Hall–Kier alpha value is -2.29. The Labute approximate surface area is 215 Å². The molecular formula is C26H37IN4O2. The van der Waals surface area contributed by atoms with Gasteiger partial charge in [0.25, 0.3) is 0 Å². The standard InChI is InChI=1S/C26H36N4O2.HI/c1-19(2)18-32-24-12-10-23(11-13-24)20(3)29-26(27-4)28-16-21-7-5-8-22(15-21)17-30-14-6-9-25(30)31;/h5,7-8,10-13,15,19-20H,6,9,14,16-18H2,1-4H3,(H2,27,28,29);1H. The Morgan fingerprint density at radius 3 is 2.48 bits per heavy atom. The van der Waals surface area contributed by atoms with E-state index in [0.717, 1.165) is 42.4 Å². The molecule has 0 bridgehead atoms. The highest BCUT2D eigenvalue weighted by atomic mass is 127. The van der Waals surface area contributed by atoms with Gasteiger partial charge in [-0.2, -0.15) is 0 Å². The largest absolute Gasteiger partial charge is 0.493 e. The van der Waals surface area contributed by atoms with Crippen molar-refractivity contribution in [3.63, 3.8) is 0 Å². The monoisotopic (exact) mass is 564 g/mol. The van der Waals surface area contributed by atoms with E-state index >= 15 is 0 Å². The molecule has 2 N–H and O–H groups in total. The number of ether oxygens (including phenoxy) is 1. The van der Waals surface area contributed by atoms with Crippen LogP contribution in [0.25, 0.3) is 0 Å². The number of aliphatic imine (C=N–C) groups is 1. The first-order chi connectivity index (χ1) is 15.4. The van der Waals surface area contributed by atoms with Gasteiger partial charge in [-0.05, 0) is 48.1 Å². The molecule has 33 heavy (non-hydrogen) atoms. The van der Waals surface area contributed by atoms with Crippen molar-refractivity contribution in [2.24, 2.45) is 10.9 Å². The van der Waals surface area contributed by atoms with Crippen LogP contribution in [0.3, 0.4) is 0 Å². The Balaban J connectivity index is 0.00000385. The van der Waals surface area contributed by atoms with E-state index < -0.39 is 0 Å². The lowest BCUT2D eigenvalue weighted by Gasteiger charge is -2.19. The summed E-state index contributed by atoms with van der Waals surface area (Å²) in [6.45, 7) is 9.33. The van der Waals surface area contributed by atoms with Crippen LogP contribution in [0.15, 0.2) is 53.5 Å². The van der Waals surface area contributed by atoms with E-state index in [1.807, 2.05) is 17.0 Å². The minimum absolute atomic E-state index is 0. The van der Waals surface area contributed by atoms with Gasteiger partial charge in [0.15, 0.2) is 5.96 Å². The predicted octanol–water partition coefficient (Wildman–Crippen LogP) is 4.89. The first kappa shape index (κ1) is 27.0. The molecular weight excluding hydrogens is 527 g/mol. The fraction of sp³-hybridized carbons (Fsp3) is 0.462. The Kier molecular flexibility index (Phi) is 11.0. The van der Waals surface area contributed by atoms with Crippen LogP contribution in [0.4, 0.5) is 0 Å². The molecule has 7 heteroatoms. The fourth-order valence-electron chi connectivity index (χ4n) is 3.71. The van der Waals surface area contributed by atoms with E-state index in [1.165, 1.54) is 5.56 Å². The lowest BCUT2D eigenvalue weighted by Crippen LogP contribution is -2.38. The summed E-state index contributed by atoms with van der Waals surface area (Å²) in [4.78, 5) is 18.2. The number of hydrogen-bond acceptors (Lipinski definition) is 3. The third-order valence-corrected chi connectivity index (χ3v) is 5.54. The van der Waals surface area contributed by atoms with Gasteiger partial charge in [0, 0.05) is 33.1 Å². The number of nitrogens with one attached hydrogen (secondary N) is 2. The van der Waals surface area contributed by atoms with E-state index in [2.05, 4.69) is 72.8 Å². The Morgan fingerprint density at radius 1 is 1.12 bits per heavy atom. The summed E-state index contributed by atoms with van der Waals surface area (Å²) in [5.41, 5.74) is 3.49. The van der Waals surface area contributed by atoms with E-state index in [9.17, 15) is 4.79 Å². The molecule has 0 aromatic heterocycles. The van der Waals surface area contributed by atoms with Crippen molar-refractivity contribution < 1.29 is 9.53 Å². The lowest BCUT2D eigenvalue weighted by atomic mass is 10.1. The SMILES string of the molecule is CN=C(NCc1cccc(CN2CCCC2=O)c1)NC(C)c1ccc(OCC(C)C)cc1.I. The molecule has 2 aromatic carbocycles. The molecule has 1 fully saturated rings. The van der Waals surface area contributed by atoms with Crippen molar-refractivity contribution in [2.75, 3.05) is 20.2 Å². The highest BCUT2D eigenvalue weighted by Crippen LogP contribution is 2.18. The van der Waals surface area contributed by atoms with Gasteiger partial charge in [0.2, 0.25) is 5.91 Å². The first-order valence-electron chi connectivity index (χ1n) is 11.5. The quantitative estimate of drug-likeness (QED) is 0.259. The second-order valence-corrected chi connectivity index (χ2v) is 8.80. The van der Waals surface area contributed by atoms with Gasteiger partial charge in [-0.3, -0.25) is 9.79 Å². The molecule has 1 atom stereocenters. The molecule has 1 unspecified atom stereocenters. The van der Waals surface area contributed by atoms with Crippen molar-refractivity contribution in [3.05, 3.63) is 65.2 Å². The summed E-state index contributed by atoms with van der Waals surface area (Å²) in [5.74, 6) is 2.41. The number of guanidine groups is 1. The van der Waals surface area contributed by atoms with Gasteiger partial charge in [-0.1, -0.05) is 50.2 Å². The van der Waals surface area contributed by atoms with Gasteiger partial charge in [0.05, 0.1) is 12.6 Å². The average molecular weight is 565 g/mol. The van der Waals surface area contributed by atoms with Crippen LogP contribution in [0.5, 0.6) is 5.75 Å². The van der Waals surface area contributed by atoms with Crippen LogP contribution >= 0.6 is 24.0 Å². The van der Waals surface area contributed by atoms with Crippen molar-refractivity contribution in [1.82, 2.24) is 15.5 Å². The molecule has 0 saturated carbocycles. The number of carbonyl (C=O) groups excluding carboxylic acids is 1. The number of likely N-dealkylation sites (tertiary alicyclic amines) is 1. The second-order valence-electron chi connectivity index (χ2n) is 8.80. The number of benzene rings is 2. The zero-order valence-electron chi connectivity index (χ0n) is 20.1. The molecule has 3 rings (SSSR count). The lowest BCUT2D eigenvalue weighted by molar-refractivity contribution is -0.128. The molecule has 1 heterocycles. The van der Waals surface area contributed by atoms with E-state index in [0.29, 0.717) is 25.4 Å². The highest BCUT2D eigenvalue weighted by molar-refractivity contribution is 14.0. The summed E-state index contributed by atoms with van der Waals surface area (Å²) < 4.78 is 5.77. The van der Waals surface area contributed by atoms with Crippen LogP contribution in [0.1, 0.15) is 56.3 Å². The third kappa shape index (κ3) is 8.53. The Morgan fingerprint density at radius 2 is 1.85 bits per heavy atom. The average Bonchev–Trinajstić information content (AvgIpc) is 3.19. The molecule has 0 aliphatic carbocycles. The molecule has 1 amide bonds. The van der Waals surface area contributed by atoms with Crippen molar-refractivity contribution >= 4 is 35.8 Å². The van der Waals surface area contributed by atoms with Crippen LogP contribution in [0.2, 0.25) is 0 Å². The number of carbonyl (C=O) groups is 1. The highest BCUT2D eigenvalue weighted by Gasteiger charge is 2.20. The van der Waals surface area contributed by atoms with Crippen molar-refractivity contribution in [3.8, 4) is 5.75 Å². The number of hydrogen-bond donors (Lipinski definition) is 2. The zero-order valence-corrected chi connectivity index (χ0v) is 22.5. The van der Waals surface area contributed by atoms with E-state index in [4.69, 9.17) is 4.74 Å². The van der Waals surface area contributed by atoms with Crippen LogP contribution in [0, 0.1) is 5.92 Å². The van der Waals surface area contributed by atoms with Gasteiger partial charge >= 0.3 is 0 Å².